The molecule has 0 atom stereocenters. The van der Waals surface area contributed by atoms with Gasteiger partial charge >= 0.3 is 12.1 Å². The summed E-state index contributed by atoms with van der Waals surface area (Å²) in [5, 5.41) is 0. The van der Waals surface area contributed by atoms with Gasteiger partial charge in [-0.05, 0) is 35.9 Å². The lowest BCUT2D eigenvalue weighted by molar-refractivity contribution is -0.137. The largest absolute Gasteiger partial charge is 0.493 e. The molecule has 152 valence electrons. The standard InChI is InChI=1S/C20H16F3NO5/c1-26-15-9-12(10-16(27-2)17(15)28-3)18-24-14(19(25)29-18)8-11-5-4-6-13(7-11)20(21,22)23/h4-10H,1-3H3/b14-8-. The Bertz CT molecular complexity index is 986. The first kappa shape index (κ1) is 20.2. The molecule has 1 heterocycles. The number of hydrogen-bond donors (Lipinski definition) is 0. The normalized spacial score (nSPS) is 15.2. The molecule has 6 nitrogen and oxygen atoms in total. The molecular weight excluding hydrogens is 391 g/mol. The van der Waals surface area contributed by atoms with E-state index in [1.54, 1.807) is 12.1 Å². The molecule has 9 heteroatoms. The van der Waals surface area contributed by atoms with Crippen LogP contribution in [0.5, 0.6) is 17.2 Å². The summed E-state index contributed by atoms with van der Waals surface area (Å²) in [6, 6.07) is 7.63. The summed E-state index contributed by atoms with van der Waals surface area (Å²) >= 11 is 0. The summed E-state index contributed by atoms with van der Waals surface area (Å²) < 4.78 is 59.5. The van der Waals surface area contributed by atoms with Crippen molar-refractivity contribution in [1.29, 1.82) is 0 Å². The van der Waals surface area contributed by atoms with Crippen molar-refractivity contribution in [3.05, 3.63) is 58.8 Å². The maximum atomic E-state index is 12.9. The molecule has 0 spiro atoms. The van der Waals surface area contributed by atoms with E-state index in [0.717, 1.165) is 12.1 Å². The van der Waals surface area contributed by atoms with Crippen molar-refractivity contribution in [2.75, 3.05) is 21.3 Å². The van der Waals surface area contributed by atoms with Crippen molar-refractivity contribution >= 4 is 17.9 Å². The van der Waals surface area contributed by atoms with Crippen LogP contribution in [0.4, 0.5) is 13.2 Å². The molecule has 0 aliphatic carbocycles. The van der Waals surface area contributed by atoms with Crippen molar-refractivity contribution in [1.82, 2.24) is 0 Å². The Labute approximate surface area is 164 Å². The Morgan fingerprint density at radius 3 is 2.21 bits per heavy atom. The Balaban J connectivity index is 2.00. The van der Waals surface area contributed by atoms with E-state index >= 15 is 0 Å². The number of carbonyl (C=O) groups is 1. The van der Waals surface area contributed by atoms with Gasteiger partial charge in [-0.15, -0.1) is 0 Å². The molecule has 0 amide bonds. The number of hydrogen-bond acceptors (Lipinski definition) is 6. The lowest BCUT2D eigenvalue weighted by Crippen LogP contribution is -2.07. The molecule has 1 aliphatic heterocycles. The van der Waals surface area contributed by atoms with E-state index in [0.29, 0.717) is 22.8 Å². The molecule has 0 radical (unpaired) electrons. The number of methoxy groups -OCH3 is 3. The van der Waals surface area contributed by atoms with Crippen molar-refractivity contribution in [3.8, 4) is 17.2 Å². The van der Waals surface area contributed by atoms with Crippen molar-refractivity contribution < 1.29 is 36.9 Å². The average Bonchev–Trinajstić information content (AvgIpc) is 3.06. The highest BCUT2D eigenvalue weighted by molar-refractivity contribution is 6.13. The second-order valence-electron chi connectivity index (χ2n) is 5.87. The van der Waals surface area contributed by atoms with Crippen LogP contribution in [-0.4, -0.2) is 33.2 Å². The van der Waals surface area contributed by atoms with Crippen LogP contribution in [0, 0.1) is 0 Å². The predicted molar refractivity (Wildman–Crippen MR) is 98.1 cm³/mol. The van der Waals surface area contributed by atoms with E-state index < -0.39 is 17.7 Å². The van der Waals surface area contributed by atoms with Crippen LogP contribution < -0.4 is 14.2 Å². The summed E-state index contributed by atoms with van der Waals surface area (Å²) in [6.45, 7) is 0. The van der Waals surface area contributed by atoms with Crippen LogP contribution in [0.2, 0.25) is 0 Å². The van der Waals surface area contributed by atoms with Crippen LogP contribution in [0.25, 0.3) is 6.08 Å². The molecular formula is C20H16F3NO5. The van der Waals surface area contributed by atoms with Gasteiger partial charge < -0.3 is 18.9 Å². The van der Waals surface area contributed by atoms with E-state index in [2.05, 4.69) is 4.99 Å². The molecule has 0 fully saturated rings. The van der Waals surface area contributed by atoms with Gasteiger partial charge in [0, 0.05) is 5.56 Å². The van der Waals surface area contributed by atoms with Gasteiger partial charge in [0.2, 0.25) is 11.6 Å². The first-order valence-corrected chi connectivity index (χ1v) is 8.27. The molecule has 2 aromatic carbocycles. The Morgan fingerprint density at radius 1 is 1.00 bits per heavy atom. The van der Waals surface area contributed by atoms with Crippen LogP contribution in [-0.2, 0) is 15.7 Å². The molecule has 0 N–H and O–H groups in total. The molecule has 0 saturated heterocycles. The monoisotopic (exact) mass is 407 g/mol. The number of halogens is 3. The first-order chi connectivity index (χ1) is 13.8. The lowest BCUT2D eigenvalue weighted by atomic mass is 10.1. The van der Waals surface area contributed by atoms with Gasteiger partial charge in [0.05, 0.1) is 26.9 Å². The summed E-state index contributed by atoms with van der Waals surface area (Å²) in [4.78, 5) is 16.3. The number of aliphatic imine (C=N–C) groups is 1. The van der Waals surface area contributed by atoms with Crippen molar-refractivity contribution in [2.45, 2.75) is 6.18 Å². The third-order valence-corrected chi connectivity index (χ3v) is 4.05. The number of benzene rings is 2. The van der Waals surface area contributed by atoms with Gasteiger partial charge in [-0.3, -0.25) is 0 Å². The summed E-state index contributed by atoms with van der Waals surface area (Å²) in [5.41, 5.74) is -0.415. The van der Waals surface area contributed by atoms with Crippen LogP contribution in [0.3, 0.4) is 0 Å². The number of cyclic esters (lactones) is 1. The van der Waals surface area contributed by atoms with Crippen molar-refractivity contribution in [3.63, 3.8) is 0 Å². The molecule has 3 rings (SSSR count). The lowest BCUT2D eigenvalue weighted by Gasteiger charge is -2.13. The molecule has 0 aromatic heterocycles. The molecule has 29 heavy (non-hydrogen) atoms. The Morgan fingerprint density at radius 2 is 1.66 bits per heavy atom. The highest BCUT2D eigenvalue weighted by atomic mass is 19.4. The van der Waals surface area contributed by atoms with Gasteiger partial charge in [0.15, 0.2) is 17.2 Å². The topological polar surface area (TPSA) is 66.4 Å². The number of esters is 1. The summed E-state index contributed by atoms with van der Waals surface area (Å²) in [6.07, 6.45) is -3.27. The van der Waals surface area contributed by atoms with Gasteiger partial charge in [0.25, 0.3) is 0 Å². The molecule has 0 bridgehead atoms. The predicted octanol–water partition coefficient (Wildman–Crippen LogP) is 4.08. The van der Waals surface area contributed by atoms with Gasteiger partial charge in [0.1, 0.15) is 0 Å². The summed E-state index contributed by atoms with van der Waals surface area (Å²) in [5.74, 6) is 0.189. The van der Waals surface area contributed by atoms with E-state index in [9.17, 15) is 18.0 Å². The second kappa shape index (κ2) is 7.86. The average molecular weight is 407 g/mol. The smallest absolute Gasteiger partial charge is 0.416 e. The van der Waals surface area contributed by atoms with Gasteiger partial charge in [-0.25, -0.2) is 9.79 Å². The summed E-state index contributed by atoms with van der Waals surface area (Å²) in [7, 11) is 4.31. The number of alkyl halides is 3. The van der Waals surface area contributed by atoms with Crippen molar-refractivity contribution in [2.24, 2.45) is 4.99 Å². The fourth-order valence-electron chi connectivity index (χ4n) is 2.70. The zero-order valence-electron chi connectivity index (χ0n) is 15.7. The number of carbonyl (C=O) groups excluding carboxylic acids is 1. The quantitative estimate of drug-likeness (QED) is 0.552. The Hall–Kier alpha value is -3.49. The SMILES string of the molecule is COc1cc(C2=N/C(=C\c3cccc(C(F)(F)F)c3)C(=O)O2)cc(OC)c1OC. The minimum atomic E-state index is -4.49. The van der Waals surface area contributed by atoms with Gasteiger partial charge in [-0.2, -0.15) is 13.2 Å². The van der Waals surface area contributed by atoms with E-state index in [4.69, 9.17) is 18.9 Å². The van der Waals surface area contributed by atoms with E-state index in [1.807, 2.05) is 0 Å². The zero-order chi connectivity index (χ0) is 21.2. The van der Waals surface area contributed by atoms with Gasteiger partial charge in [-0.1, -0.05) is 12.1 Å². The minimum Gasteiger partial charge on any atom is -0.493 e. The second-order valence-corrected chi connectivity index (χ2v) is 5.87. The highest BCUT2D eigenvalue weighted by Crippen LogP contribution is 2.39. The third-order valence-electron chi connectivity index (χ3n) is 4.05. The van der Waals surface area contributed by atoms with Crippen LogP contribution >= 0.6 is 0 Å². The maximum Gasteiger partial charge on any atom is 0.416 e. The fourth-order valence-corrected chi connectivity index (χ4v) is 2.70. The maximum absolute atomic E-state index is 12.9. The molecule has 0 unspecified atom stereocenters. The molecule has 0 saturated carbocycles. The first-order valence-electron chi connectivity index (χ1n) is 8.27. The molecule has 1 aliphatic rings. The van der Waals surface area contributed by atoms with E-state index in [-0.39, 0.29) is 17.2 Å². The zero-order valence-corrected chi connectivity index (χ0v) is 15.7. The minimum absolute atomic E-state index is 0.0347. The number of rotatable bonds is 5. The van der Waals surface area contributed by atoms with Crippen LogP contribution in [0.15, 0.2) is 47.1 Å². The molecule has 2 aromatic rings. The number of nitrogens with zero attached hydrogens (tertiary/aromatic N) is 1. The van der Waals surface area contributed by atoms with Crippen LogP contribution in [0.1, 0.15) is 16.7 Å². The highest BCUT2D eigenvalue weighted by Gasteiger charge is 2.31. The third kappa shape index (κ3) is 4.18. The van der Waals surface area contributed by atoms with E-state index in [1.165, 1.54) is 39.5 Å². The fraction of sp³-hybridized carbons (Fsp3) is 0.200. The Kier molecular flexibility index (Phi) is 5.49. The number of ether oxygens (including phenoxy) is 4.